The first kappa shape index (κ1) is 7.66. The van der Waals surface area contributed by atoms with Gasteiger partial charge in [-0.15, -0.1) is 0 Å². The molecule has 0 aliphatic rings. The molecular formula is C7H12N2S. The van der Waals surface area contributed by atoms with E-state index in [1.54, 1.807) is 0 Å². The Kier molecular flexibility index (Phi) is 2.38. The highest BCUT2D eigenvalue weighted by atomic mass is 32.2. The summed E-state index contributed by atoms with van der Waals surface area (Å²) < 4.78 is 1.84. The van der Waals surface area contributed by atoms with Crippen LogP contribution in [0.4, 0.5) is 0 Å². The lowest BCUT2D eigenvalue weighted by Crippen LogP contribution is -1.92. The second-order valence-electron chi connectivity index (χ2n) is 2.29. The highest BCUT2D eigenvalue weighted by molar-refractivity contribution is 7.98. The Morgan fingerprint density at radius 2 is 2.40 bits per heavy atom. The molecule has 0 saturated heterocycles. The molecule has 0 saturated carbocycles. The molecule has 0 aliphatic heterocycles. The standard InChI is InChI=1S/C7H12N2S/c1-6(10-3)7-4-5-9(2)8-7/h4-6H,1-3H3. The molecule has 0 amide bonds. The first-order valence-corrected chi connectivity index (χ1v) is 4.55. The van der Waals surface area contributed by atoms with E-state index < -0.39 is 0 Å². The molecule has 1 atom stereocenters. The summed E-state index contributed by atoms with van der Waals surface area (Å²) in [7, 11) is 1.94. The van der Waals surface area contributed by atoms with Crippen LogP contribution in [0.5, 0.6) is 0 Å². The Labute approximate surface area is 65.6 Å². The molecule has 1 aromatic heterocycles. The summed E-state index contributed by atoms with van der Waals surface area (Å²) >= 11 is 1.82. The molecule has 2 nitrogen and oxygen atoms in total. The molecule has 0 spiro atoms. The van der Waals surface area contributed by atoms with Crippen LogP contribution >= 0.6 is 11.8 Å². The van der Waals surface area contributed by atoms with Crippen LogP contribution in [-0.4, -0.2) is 16.0 Å². The van der Waals surface area contributed by atoms with Crippen LogP contribution in [0.15, 0.2) is 12.3 Å². The molecule has 3 heteroatoms. The van der Waals surface area contributed by atoms with Crippen molar-refractivity contribution in [2.24, 2.45) is 7.05 Å². The van der Waals surface area contributed by atoms with Crippen molar-refractivity contribution < 1.29 is 0 Å². The second kappa shape index (κ2) is 3.10. The van der Waals surface area contributed by atoms with Crippen molar-refractivity contribution >= 4 is 11.8 Å². The minimum absolute atomic E-state index is 0.515. The normalized spacial score (nSPS) is 13.5. The first-order valence-electron chi connectivity index (χ1n) is 3.26. The molecule has 1 unspecified atom stereocenters. The van der Waals surface area contributed by atoms with E-state index >= 15 is 0 Å². The molecule has 0 fully saturated rings. The van der Waals surface area contributed by atoms with Crippen LogP contribution in [0.2, 0.25) is 0 Å². The predicted molar refractivity (Wildman–Crippen MR) is 45.1 cm³/mol. The van der Waals surface area contributed by atoms with Gasteiger partial charge < -0.3 is 0 Å². The highest BCUT2D eigenvalue weighted by Crippen LogP contribution is 2.22. The Morgan fingerprint density at radius 1 is 1.70 bits per heavy atom. The van der Waals surface area contributed by atoms with Crippen LogP contribution in [-0.2, 0) is 7.05 Å². The summed E-state index contributed by atoms with van der Waals surface area (Å²) in [5.41, 5.74) is 1.16. The van der Waals surface area contributed by atoms with E-state index in [-0.39, 0.29) is 0 Å². The third-order valence-electron chi connectivity index (χ3n) is 1.50. The van der Waals surface area contributed by atoms with Crippen molar-refractivity contribution in [1.82, 2.24) is 9.78 Å². The van der Waals surface area contributed by atoms with Gasteiger partial charge in [0.15, 0.2) is 0 Å². The van der Waals surface area contributed by atoms with Gasteiger partial charge in [0.05, 0.1) is 5.69 Å². The zero-order valence-electron chi connectivity index (χ0n) is 6.53. The number of aryl methyl sites for hydroxylation is 1. The Hall–Kier alpha value is -0.440. The van der Waals surface area contributed by atoms with E-state index in [9.17, 15) is 0 Å². The molecule has 0 N–H and O–H groups in total. The van der Waals surface area contributed by atoms with Gasteiger partial charge in [-0.25, -0.2) is 0 Å². The van der Waals surface area contributed by atoms with E-state index in [0.29, 0.717) is 5.25 Å². The largest absolute Gasteiger partial charge is 0.276 e. The number of hydrogen-bond donors (Lipinski definition) is 0. The van der Waals surface area contributed by atoms with Gasteiger partial charge in [-0.1, -0.05) is 0 Å². The van der Waals surface area contributed by atoms with Crippen LogP contribution < -0.4 is 0 Å². The summed E-state index contributed by atoms with van der Waals surface area (Å²) in [6.45, 7) is 2.16. The van der Waals surface area contributed by atoms with Gasteiger partial charge >= 0.3 is 0 Å². The van der Waals surface area contributed by atoms with Gasteiger partial charge in [0, 0.05) is 18.5 Å². The van der Waals surface area contributed by atoms with E-state index in [2.05, 4.69) is 24.3 Å². The molecule has 1 aromatic rings. The maximum absolute atomic E-state index is 4.28. The lowest BCUT2D eigenvalue weighted by Gasteiger charge is -2.01. The summed E-state index contributed by atoms with van der Waals surface area (Å²) in [5.74, 6) is 0. The van der Waals surface area contributed by atoms with E-state index in [1.165, 1.54) is 0 Å². The SMILES string of the molecule is CSC(C)c1ccn(C)n1. The van der Waals surface area contributed by atoms with Crippen LogP contribution in [0.1, 0.15) is 17.9 Å². The summed E-state index contributed by atoms with van der Waals surface area (Å²) in [6, 6.07) is 2.06. The average Bonchev–Trinajstić information content (AvgIpc) is 2.34. The van der Waals surface area contributed by atoms with E-state index in [1.807, 2.05) is 29.7 Å². The first-order chi connectivity index (χ1) is 4.74. The predicted octanol–water partition coefficient (Wildman–Crippen LogP) is 1.84. The summed E-state index contributed by atoms with van der Waals surface area (Å²) in [5, 5.41) is 4.79. The average molecular weight is 156 g/mol. The zero-order chi connectivity index (χ0) is 7.56. The minimum Gasteiger partial charge on any atom is -0.276 e. The smallest absolute Gasteiger partial charge is 0.0751 e. The lowest BCUT2D eigenvalue weighted by molar-refractivity contribution is 0.744. The van der Waals surface area contributed by atoms with Crippen molar-refractivity contribution in [2.45, 2.75) is 12.2 Å². The second-order valence-corrected chi connectivity index (χ2v) is 3.47. The van der Waals surface area contributed by atoms with Crippen LogP contribution in [0.3, 0.4) is 0 Å². The molecule has 1 heterocycles. The van der Waals surface area contributed by atoms with Crippen molar-refractivity contribution in [3.05, 3.63) is 18.0 Å². The fraction of sp³-hybridized carbons (Fsp3) is 0.571. The Bertz CT molecular complexity index is 207. The number of hydrogen-bond acceptors (Lipinski definition) is 2. The lowest BCUT2D eigenvalue weighted by atomic mass is 10.3. The maximum atomic E-state index is 4.28. The monoisotopic (exact) mass is 156 g/mol. The molecule has 0 radical (unpaired) electrons. The molecule has 0 bridgehead atoms. The number of nitrogens with zero attached hydrogens (tertiary/aromatic N) is 2. The van der Waals surface area contributed by atoms with Crippen molar-refractivity contribution in [3.8, 4) is 0 Å². The van der Waals surface area contributed by atoms with Crippen molar-refractivity contribution in [1.29, 1.82) is 0 Å². The topological polar surface area (TPSA) is 17.8 Å². The highest BCUT2D eigenvalue weighted by Gasteiger charge is 2.04. The number of thioether (sulfide) groups is 1. The van der Waals surface area contributed by atoms with Crippen LogP contribution in [0.25, 0.3) is 0 Å². The molecule has 1 rings (SSSR count). The molecule has 10 heavy (non-hydrogen) atoms. The summed E-state index contributed by atoms with van der Waals surface area (Å²) in [6.07, 6.45) is 4.07. The maximum Gasteiger partial charge on any atom is 0.0751 e. The summed E-state index contributed by atoms with van der Waals surface area (Å²) in [4.78, 5) is 0. The molecule has 0 aromatic carbocycles. The molecular weight excluding hydrogens is 144 g/mol. The van der Waals surface area contributed by atoms with Crippen molar-refractivity contribution in [2.75, 3.05) is 6.26 Å². The van der Waals surface area contributed by atoms with Gasteiger partial charge in [-0.3, -0.25) is 4.68 Å². The fourth-order valence-electron chi connectivity index (χ4n) is 0.771. The third kappa shape index (κ3) is 1.53. The zero-order valence-corrected chi connectivity index (χ0v) is 7.35. The van der Waals surface area contributed by atoms with E-state index in [0.717, 1.165) is 5.69 Å². The quantitative estimate of drug-likeness (QED) is 0.650. The fourth-order valence-corrected chi connectivity index (χ4v) is 1.14. The van der Waals surface area contributed by atoms with Gasteiger partial charge in [0.2, 0.25) is 0 Å². The van der Waals surface area contributed by atoms with Gasteiger partial charge in [-0.05, 0) is 19.2 Å². The van der Waals surface area contributed by atoms with Crippen molar-refractivity contribution in [3.63, 3.8) is 0 Å². The number of aromatic nitrogens is 2. The minimum atomic E-state index is 0.515. The molecule has 56 valence electrons. The van der Waals surface area contributed by atoms with Gasteiger partial charge in [-0.2, -0.15) is 16.9 Å². The van der Waals surface area contributed by atoms with Gasteiger partial charge in [0.25, 0.3) is 0 Å². The number of rotatable bonds is 2. The Balaban J connectivity index is 2.74. The third-order valence-corrected chi connectivity index (χ3v) is 2.45. The molecule has 0 aliphatic carbocycles. The van der Waals surface area contributed by atoms with Crippen LogP contribution in [0, 0.1) is 0 Å². The van der Waals surface area contributed by atoms with E-state index in [4.69, 9.17) is 0 Å². The van der Waals surface area contributed by atoms with Gasteiger partial charge in [0.1, 0.15) is 0 Å². The Morgan fingerprint density at radius 3 is 2.80 bits per heavy atom.